The molecule has 0 saturated heterocycles. The number of aryl methyl sites for hydroxylation is 1. The van der Waals surface area contributed by atoms with Crippen LogP contribution in [-0.4, -0.2) is 46.4 Å². The van der Waals surface area contributed by atoms with Crippen LogP contribution in [0.1, 0.15) is 22.3 Å². The van der Waals surface area contributed by atoms with Gasteiger partial charge in [-0.3, -0.25) is 9.52 Å². The highest BCUT2D eigenvalue weighted by Crippen LogP contribution is 2.21. The summed E-state index contributed by atoms with van der Waals surface area (Å²) in [5, 5.41) is 2.79. The van der Waals surface area contributed by atoms with E-state index < -0.39 is 15.8 Å². The van der Waals surface area contributed by atoms with Crippen LogP contribution in [0.2, 0.25) is 0 Å². The molecular weight excluding hydrogens is 369 g/mol. The fourth-order valence-electron chi connectivity index (χ4n) is 2.45. The summed E-state index contributed by atoms with van der Waals surface area (Å²) in [6, 6.07) is 9.91. The van der Waals surface area contributed by atoms with Gasteiger partial charge in [0.2, 0.25) is 0 Å². The Labute approximate surface area is 159 Å². The first-order valence-corrected chi connectivity index (χ1v) is 10.00. The number of sulfonamides is 1. The van der Waals surface area contributed by atoms with Crippen molar-refractivity contribution in [3.63, 3.8) is 0 Å². The molecule has 1 amide bonds. The summed E-state index contributed by atoms with van der Waals surface area (Å²) >= 11 is 0. The van der Waals surface area contributed by atoms with Crippen molar-refractivity contribution in [2.24, 2.45) is 0 Å². The molecule has 8 heteroatoms. The van der Waals surface area contributed by atoms with Crippen molar-refractivity contribution in [2.45, 2.75) is 18.2 Å². The summed E-state index contributed by atoms with van der Waals surface area (Å²) < 4.78 is 41.0. The zero-order valence-corrected chi connectivity index (χ0v) is 16.4. The lowest BCUT2D eigenvalue weighted by Gasteiger charge is -2.14. The van der Waals surface area contributed by atoms with E-state index >= 15 is 0 Å². The number of halogens is 1. The Morgan fingerprint density at radius 2 is 1.85 bits per heavy atom. The van der Waals surface area contributed by atoms with Gasteiger partial charge in [0.25, 0.3) is 15.9 Å². The fourth-order valence-corrected chi connectivity index (χ4v) is 3.62. The third-order valence-electron chi connectivity index (χ3n) is 3.92. The van der Waals surface area contributed by atoms with Crippen LogP contribution in [0.3, 0.4) is 0 Å². The number of anilines is 1. The van der Waals surface area contributed by atoms with Crippen molar-refractivity contribution >= 4 is 21.6 Å². The van der Waals surface area contributed by atoms with Crippen molar-refractivity contribution < 1.29 is 17.6 Å². The molecule has 2 aromatic rings. The van der Waals surface area contributed by atoms with Crippen LogP contribution in [0.5, 0.6) is 0 Å². The zero-order valence-electron chi connectivity index (χ0n) is 15.6. The largest absolute Gasteiger partial charge is 0.352 e. The minimum Gasteiger partial charge on any atom is -0.352 e. The normalized spacial score (nSPS) is 11.4. The van der Waals surface area contributed by atoms with E-state index in [1.165, 1.54) is 25.1 Å². The molecular formula is C19H24FN3O3S. The van der Waals surface area contributed by atoms with Gasteiger partial charge in [-0.1, -0.05) is 12.1 Å². The maximum atomic E-state index is 13.4. The Morgan fingerprint density at radius 3 is 2.52 bits per heavy atom. The van der Waals surface area contributed by atoms with Gasteiger partial charge in [-0.25, -0.2) is 12.8 Å². The van der Waals surface area contributed by atoms with Gasteiger partial charge < -0.3 is 10.2 Å². The number of rotatable bonds is 8. The predicted molar refractivity (Wildman–Crippen MR) is 104 cm³/mol. The van der Waals surface area contributed by atoms with Crippen LogP contribution in [0, 0.1) is 12.7 Å². The lowest BCUT2D eigenvalue weighted by molar-refractivity contribution is 0.0953. The molecule has 2 rings (SSSR count). The van der Waals surface area contributed by atoms with Crippen LogP contribution in [0.15, 0.2) is 47.4 Å². The van der Waals surface area contributed by atoms with Crippen LogP contribution >= 0.6 is 0 Å². The Morgan fingerprint density at radius 1 is 1.15 bits per heavy atom. The summed E-state index contributed by atoms with van der Waals surface area (Å²) in [4.78, 5) is 14.4. The number of nitrogens with zero attached hydrogens (tertiary/aromatic N) is 1. The average Bonchev–Trinajstić information content (AvgIpc) is 2.60. The van der Waals surface area contributed by atoms with E-state index in [1.807, 2.05) is 19.0 Å². The van der Waals surface area contributed by atoms with E-state index in [0.29, 0.717) is 6.54 Å². The molecule has 0 aliphatic heterocycles. The van der Waals surface area contributed by atoms with Crippen molar-refractivity contribution in [1.29, 1.82) is 0 Å². The zero-order chi connectivity index (χ0) is 20.0. The van der Waals surface area contributed by atoms with Crippen LogP contribution in [0.25, 0.3) is 0 Å². The Hall–Kier alpha value is -2.45. The number of benzene rings is 2. The SMILES string of the molecule is Cc1cc(S(=O)(=O)Nc2ccccc2C(=O)NCCCN(C)C)ccc1F. The molecule has 0 bridgehead atoms. The minimum atomic E-state index is -3.95. The molecule has 0 heterocycles. The van der Waals surface area contributed by atoms with Crippen LogP contribution in [0.4, 0.5) is 10.1 Å². The molecule has 0 saturated carbocycles. The summed E-state index contributed by atoms with van der Waals surface area (Å²) in [5.74, 6) is -0.839. The Balaban J connectivity index is 2.17. The third kappa shape index (κ3) is 5.77. The summed E-state index contributed by atoms with van der Waals surface area (Å²) in [7, 11) is -0.0534. The van der Waals surface area contributed by atoms with E-state index in [9.17, 15) is 17.6 Å². The second-order valence-corrected chi connectivity index (χ2v) is 8.16. The van der Waals surface area contributed by atoms with Crippen molar-refractivity contribution in [2.75, 3.05) is 31.9 Å². The number of hydrogen-bond acceptors (Lipinski definition) is 4. The lowest BCUT2D eigenvalue weighted by Crippen LogP contribution is -2.28. The van der Waals surface area contributed by atoms with Gasteiger partial charge in [-0.15, -0.1) is 0 Å². The van der Waals surface area contributed by atoms with Gasteiger partial charge in [-0.05, 0) is 69.9 Å². The van der Waals surface area contributed by atoms with Gasteiger partial charge in [-0.2, -0.15) is 0 Å². The Kier molecular flexibility index (Phi) is 6.92. The molecule has 0 fully saturated rings. The second-order valence-electron chi connectivity index (χ2n) is 6.47. The van der Waals surface area contributed by atoms with Gasteiger partial charge in [0, 0.05) is 6.54 Å². The van der Waals surface area contributed by atoms with Crippen LogP contribution in [-0.2, 0) is 10.0 Å². The highest BCUT2D eigenvalue weighted by Gasteiger charge is 2.19. The summed E-state index contributed by atoms with van der Waals surface area (Å²) in [6.07, 6.45) is 0.779. The van der Waals surface area contributed by atoms with E-state index in [-0.39, 0.29) is 27.6 Å². The predicted octanol–water partition coefficient (Wildman–Crippen LogP) is 2.62. The standard InChI is InChI=1S/C19H24FN3O3S/c1-14-13-15(9-10-17(14)20)27(25,26)22-18-8-5-4-7-16(18)19(24)21-11-6-12-23(2)3/h4-5,7-10,13,22H,6,11-12H2,1-3H3,(H,21,24). The smallest absolute Gasteiger partial charge is 0.261 e. The fraction of sp³-hybridized carbons (Fsp3) is 0.316. The maximum Gasteiger partial charge on any atom is 0.261 e. The van der Waals surface area contributed by atoms with E-state index in [2.05, 4.69) is 10.0 Å². The number of para-hydroxylation sites is 1. The van der Waals surface area contributed by atoms with Gasteiger partial charge in [0.05, 0.1) is 16.1 Å². The Bertz CT molecular complexity index is 914. The molecule has 0 spiro atoms. The highest BCUT2D eigenvalue weighted by atomic mass is 32.2. The monoisotopic (exact) mass is 393 g/mol. The molecule has 6 nitrogen and oxygen atoms in total. The van der Waals surface area contributed by atoms with Gasteiger partial charge >= 0.3 is 0 Å². The molecule has 0 radical (unpaired) electrons. The molecule has 0 atom stereocenters. The van der Waals surface area contributed by atoms with E-state index in [0.717, 1.165) is 19.0 Å². The number of carbonyl (C=O) groups excluding carboxylic acids is 1. The number of amides is 1. The number of nitrogens with one attached hydrogen (secondary N) is 2. The lowest BCUT2D eigenvalue weighted by atomic mass is 10.1. The van der Waals surface area contributed by atoms with Crippen LogP contribution < -0.4 is 10.0 Å². The van der Waals surface area contributed by atoms with E-state index in [4.69, 9.17) is 0 Å². The molecule has 0 aromatic heterocycles. The van der Waals surface area contributed by atoms with E-state index in [1.54, 1.807) is 18.2 Å². The molecule has 2 aromatic carbocycles. The molecule has 146 valence electrons. The first-order valence-electron chi connectivity index (χ1n) is 8.51. The van der Waals surface area contributed by atoms with Crippen molar-refractivity contribution in [1.82, 2.24) is 10.2 Å². The quantitative estimate of drug-likeness (QED) is 0.676. The van der Waals surface area contributed by atoms with Gasteiger partial charge in [0.15, 0.2) is 0 Å². The van der Waals surface area contributed by atoms with Gasteiger partial charge in [0.1, 0.15) is 5.82 Å². The average molecular weight is 393 g/mol. The minimum absolute atomic E-state index is 0.0670. The highest BCUT2D eigenvalue weighted by molar-refractivity contribution is 7.92. The molecule has 0 unspecified atom stereocenters. The van der Waals surface area contributed by atoms with Crippen molar-refractivity contribution in [3.05, 3.63) is 59.4 Å². The third-order valence-corrected chi connectivity index (χ3v) is 5.29. The maximum absolute atomic E-state index is 13.4. The first kappa shape index (κ1) is 20.9. The number of hydrogen-bond donors (Lipinski definition) is 2. The first-order chi connectivity index (χ1) is 12.7. The summed E-state index contributed by atoms with van der Waals surface area (Å²) in [6.45, 7) is 2.80. The molecule has 2 N–H and O–H groups in total. The molecule has 0 aliphatic rings. The molecule has 27 heavy (non-hydrogen) atoms. The molecule has 0 aliphatic carbocycles. The second kappa shape index (κ2) is 8.96. The summed E-state index contributed by atoms with van der Waals surface area (Å²) in [5.41, 5.74) is 0.624. The number of carbonyl (C=O) groups is 1. The topological polar surface area (TPSA) is 78.5 Å². The van der Waals surface area contributed by atoms with Crippen molar-refractivity contribution in [3.8, 4) is 0 Å².